The molecule has 14 heavy (non-hydrogen) atoms. The molecule has 0 aliphatic carbocycles. The van der Waals surface area contributed by atoms with E-state index in [4.69, 9.17) is 11.6 Å². The van der Waals surface area contributed by atoms with Crippen LogP contribution < -0.4 is 4.72 Å². The third-order valence-corrected chi connectivity index (χ3v) is 3.57. The average molecular weight is 238 g/mol. The van der Waals surface area contributed by atoms with Gasteiger partial charge in [-0.15, -0.1) is 0 Å². The van der Waals surface area contributed by atoms with Crippen LogP contribution in [0.4, 0.5) is 4.39 Å². The Kier molecular flexibility index (Phi) is 3.47. The van der Waals surface area contributed by atoms with Crippen LogP contribution in [0.1, 0.15) is 6.92 Å². The summed E-state index contributed by atoms with van der Waals surface area (Å²) in [6.45, 7) is 1.79. The first-order chi connectivity index (χ1) is 6.49. The van der Waals surface area contributed by atoms with Crippen LogP contribution in [0.5, 0.6) is 0 Å². The maximum absolute atomic E-state index is 13.2. The van der Waals surface area contributed by atoms with Crippen LogP contribution in [0.3, 0.4) is 0 Å². The minimum atomic E-state index is -3.83. The fourth-order valence-corrected chi connectivity index (χ4v) is 2.64. The fraction of sp³-hybridized carbons (Fsp3) is 0.250. The van der Waals surface area contributed by atoms with Gasteiger partial charge in [0.25, 0.3) is 0 Å². The number of benzene rings is 1. The molecule has 6 heteroatoms. The molecular formula is C8H9ClFNO2S. The highest BCUT2D eigenvalue weighted by molar-refractivity contribution is 7.89. The van der Waals surface area contributed by atoms with Crippen molar-refractivity contribution in [3.05, 3.63) is 29.0 Å². The van der Waals surface area contributed by atoms with Gasteiger partial charge in [-0.2, -0.15) is 0 Å². The van der Waals surface area contributed by atoms with E-state index in [1.54, 1.807) is 6.92 Å². The summed E-state index contributed by atoms with van der Waals surface area (Å²) in [5.74, 6) is -0.849. The molecule has 0 aliphatic heterocycles. The van der Waals surface area contributed by atoms with Gasteiger partial charge in [0.05, 0.1) is 5.02 Å². The van der Waals surface area contributed by atoms with E-state index in [9.17, 15) is 12.8 Å². The van der Waals surface area contributed by atoms with E-state index in [0.29, 0.717) is 0 Å². The quantitative estimate of drug-likeness (QED) is 0.871. The molecule has 1 aromatic carbocycles. The van der Waals surface area contributed by atoms with E-state index in [-0.39, 0.29) is 11.6 Å². The second kappa shape index (κ2) is 4.25. The number of halogens is 2. The second-order valence-electron chi connectivity index (χ2n) is 2.55. The second-order valence-corrected chi connectivity index (χ2v) is 4.66. The molecule has 0 heterocycles. The molecule has 1 N–H and O–H groups in total. The highest BCUT2D eigenvalue weighted by atomic mass is 35.5. The summed E-state index contributed by atoms with van der Waals surface area (Å²) in [6.07, 6.45) is 0. The van der Waals surface area contributed by atoms with Crippen molar-refractivity contribution >= 4 is 21.6 Å². The Balaban J connectivity index is 3.32. The van der Waals surface area contributed by atoms with Crippen LogP contribution >= 0.6 is 11.6 Å². The molecule has 0 fully saturated rings. The topological polar surface area (TPSA) is 46.2 Å². The summed E-state index contributed by atoms with van der Waals surface area (Å²) in [7, 11) is -3.83. The van der Waals surface area contributed by atoms with Crippen molar-refractivity contribution in [1.29, 1.82) is 0 Å². The molecule has 0 saturated heterocycles. The molecule has 0 spiro atoms. The summed E-state index contributed by atoms with van der Waals surface area (Å²) in [4.78, 5) is -0.497. The van der Waals surface area contributed by atoms with Crippen LogP contribution in [0.15, 0.2) is 23.1 Å². The smallest absolute Gasteiger partial charge is 0.211 e. The van der Waals surface area contributed by atoms with Crippen molar-refractivity contribution in [2.24, 2.45) is 0 Å². The van der Waals surface area contributed by atoms with E-state index in [0.717, 1.165) is 6.07 Å². The van der Waals surface area contributed by atoms with E-state index < -0.39 is 20.7 Å². The van der Waals surface area contributed by atoms with Gasteiger partial charge in [-0.1, -0.05) is 24.6 Å². The predicted octanol–water partition coefficient (Wildman–Crippen LogP) is 1.78. The van der Waals surface area contributed by atoms with Crippen LogP contribution in [-0.4, -0.2) is 15.0 Å². The zero-order valence-electron chi connectivity index (χ0n) is 7.42. The normalized spacial score (nSPS) is 11.6. The van der Waals surface area contributed by atoms with Crippen LogP contribution in [0.25, 0.3) is 0 Å². The zero-order valence-corrected chi connectivity index (χ0v) is 8.99. The van der Waals surface area contributed by atoms with E-state index in [2.05, 4.69) is 4.72 Å². The molecule has 0 radical (unpaired) electrons. The minimum Gasteiger partial charge on any atom is -0.211 e. The van der Waals surface area contributed by atoms with Gasteiger partial charge in [0.1, 0.15) is 10.7 Å². The number of rotatable bonds is 3. The molecular weight excluding hydrogens is 229 g/mol. The Bertz CT molecular complexity index is 413. The highest BCUT2D eigenvalue weighted by Gasteiger charge is 2.21. The Labute approximate surface area is 86.9 Å². The summed E-state index contributed by atoms with van der Waals surface area (Å²) >= 11 is 5.59. The predicted molar refractivity (Wildman–Crippen MR) is 52.3 cm³/mol. The molecule has 0 unspecified atom stereocenters. The maximum Gasteiger partial charge on any atom is 0.244 e. The number of sulfonamides is 1. The van der Waals surface area contributed by atoms with Crippen LogP contribution in [0, 0.1) is 5.82 Å². The fourth-order valence-electron chi connectivity index (χ4n) is 1.00. The van der Waals surface area contributed by atoms with E-state index in [1.807, 2.05) is 0 Å². The Morgan fingerprint density at radius 1 is 1.50 bits per heavy atom. The van der Waals surface area contributed by atoms with Gasteiger partial charge >= 0.3 is 0 Å². The van der Waals surface area contributed by atoms with Crippen molar-refractivity contribution in [2.75, 3.05) is 6.54 Å². The lowest BCUT2D eigenvalue weighted by atomic mass is 10.3. The van der Waals surface area contributed by atoms with Gasteiger partial charge in [0.15, 0.2) is 0 Å². The van der Waals surface area contributed by atoms with Gasteiger partial charge in [-0.3, -0.25) is 0 Å². The standard InChI is InChI=1S/C8H9ClFNO2S/c1-2-11-14(12,13)8-6(9)4-3-5-7(8)10/h3-5,11H,2H2,1H3. The SMILES string of the molecule is CCNS(=O)(=O)c1c(F)cccc1Cl. The highest BCUT2D eigenvalue weighted by Crippen LogP contribution is 2.23. The molecule has 0 saturated carbocycles. The summed E-state index contributed by atoms with van der Waals surface area (Å²) in [5.41, 5.74) is 0. The minimum absolute atomic E-state index is 0.119. The molecule has 1 rings (SSSR count). The molecule has 0 bridgehead atoms. The summed E-state index contributed by atoms with van der Waals surface area (Å²) in [5, 5.41) is -0.119. The Hall–Kier alpha value is -0.650. The van der Waals surface area contributed by atoms with Crippen LogP contribution in [0.2, 0.25) is 5.02 Å². The lowest BCUT2D eigenvalue weighted by Gasteiger charge is -2.06. The number of nitrogens with one attached hydrogen (secondary N) is 1. The molecule has 0 aromatic heterocycles. The van der Waals surface area contributed by atoms with Crippen molar-refractivity contribution < 1.29 is 12.8 Å². The molecule has 0 aliphatic rings. The molecule has 0 atom stereocenters. The van der Waals surface area contributed by atoms with Crippen molar-refractivity contribution in [3.63, 3.8) is 0 Å². The summed E-state index contributed by atoms with van der Waals surface area (Å²) < 4.78 is 38.2. The zero-order chi connectivity index (χ0) is 10.8. The van der Waals surface area contributed by atoms with Gasteiger partial charge in [-0.25, -0.2) is 17.5 Å². The third-order valence-electron chi connectivity index (χ3n) is 1.52. The third kappa shape index (κ3) is 2.23. The van der Waals surface area contributed by atoms with Crippen molar-refractivity contribution in [1.82, 2.24) is 4.72 Å². The molecule has 3 nitrogen and oxygen atoms in total. The van der Waals surface area contributed by atoms with Gasteiger partial charge in [-0.05, 0) is 12.1 Å². The number of hydrogen-bond donors (Lipinski definition) is 1. The summed E-state index contributed by atoms with van der Waals surface area (Å²) in [6, 6.07) is 3.73. The van der Waals surface area contributed by atoms with Crippen molar-refractivity contribution in [3.8, 4) is 0 Å². The monoisotopic (exact) mass is 237 g/mol. The maximum atomic E-state index is 13.2. The molecule has 1 aromatic rings. The van der Waals surface area contributed by atoms with E-state index >= 15 is 0 Å². The van der Waals surface area contributed by atoms with E-state index in [1.165, 1.54) is 12.1 Å². The van der Waals surface area contributed by atoms with Gasteiger partial charge in [0.2, 0.25) is 10.0 Å². The van der Waals surface area contributed by atoms with Gasteiger partial charge < -0.3 is 0 Å². The van der Waals surface area contributed by atoms with Crippen molar-refractivity contribution in [2.45, 2.75) is 11.8 Å². The Morgan fingerprint density at radius 3 is 2.64 bits per heavy atom. The number of hydrogen-bond acceptors (Lipinski definition) is 2. The Morgan fingerprint density at radius 2 is 2.14 bits per heavy atom. The van der Waals surface area contributed by atoms with Gasteiger partial charge in [0, 0.05) is 6.54 Å². The first-order valence-corrected chi connectivity index (χ1v) is 5.79. The first-order valence-electron chi connectivity index (χ1n) is 3.92. The largest absolute Gasteiger partial charge is 0.244 e. The molecule has 0 amide bonds. The molecule has 78 valence electrons. The lowest BCUT2D eigenvalue weighted by Crippen LogP contribution is -2.24. The first kappa shape index (κ1) is 11.4. The van der Waals surface area contributed by atoms with Crippen LogP contribution in [-0.2, 0) is 10.0 Å². The lowest BCUT2D eigenvalue weighted by molar-refractivity contribution is 0.559. The average Bonchev–Trinajstić information content (AvgIpc) is 2.02.